The predicted octanol–water partition coefficient (Wildman–Crippen LogP) is 3.56. The number of nitrogens with zero attached hydrogens (tertiary/aromatic N) is 1. The first kappa shape index (κ1) is 15.9. The van der Waals surface area contributed by atoms with E-state index < -0.39 is 9.84 Å². The van der Waals surface area contributed by atoms with E-state index in [-0.39, 0.29) is 16.9 Å². The number of anilines is 1. The van der Waals surface area contributed by atoms with Crippen LogP contribution in [0.3, 0.4) is 0 Å². The van der Waals surface area contributed by atoms with Crippen LogP contribution >= 0.6 is 15.9 Å². The summed E-state index contributed by atoms with van der Waals surface area (Å²) in [6.07, 6.45) is 2.52. The van der Waals surface area contributed by atoms with Gasteiger partial charge in [0.05, 0.1) is 17.9 Å². The van der Waals surface area contributed by atoms with E-state index in [1.165, 1.54) is 18.3 Å². The molecule has 1 unspecified atom stereocenters. The topological polar surface area (TPSA) is 59.1 Å². The summed E-state index contributed by atoms with van der Waals surface area (Å²) in [6, 6.07) is 7.47. The van der Waals surface area contributed by atoms with Crippen molar-refractivity contribution in [2.24, 2.45) is 0 Å². The second kappa shape index (κ2) is 6.11. The maximum Gasteiger partial charge on any atom is 0.192 e. The minimum absolute atomic E-state index is 0.00865. The van der Waals surface area contributed by atoms with E-state index >= 15 is 0 Å². The van der Waals surface area contributed by atoms with Crippen LogP contribution in [-0.2, 0) is 9.84 Å². The Kier molecular flexibility index (Phi) is 4.63. The van der Waals surface area contributed by atoms with Crippen molar-refractivity contribution in [1.29, 1.82) is 0 Å². The average molecular weight is 373 g/mol. The summed E-state index contributed by atoms with van der Waals surface area (Å²) in [7, 11) is -3.32. The molecule has 1 aromatic heterocycles. The second-order valence-corrected chi connectivity index (χ2v) is 7.57. The summed E-state index contributed by atoms with van der Waals surface area (Å²) in [5.74, 6) is -0.307. The van der Waals surface area contributed by atoms with Crippen LogP contribution in [0.4, 0.5) is 10.1 Å². The fraction of sp³-hybridized carbons (Fsp3) is 0.214. The number of rotatable bonds is 4. The van der Waals surface area contributed by atoms with E-state index in [2.05, 4.69) is 26.2 Å². The Bertz CT molecular complexity index is 748. The lowest BCUT2D eigenvalue weighted by Gasteiger charge is -2.16. The second-order valence-electron chi connectivity index (χ2n) is 4.69. The van der Waals surface area contributed by atoms with Gasteiger partial charge in [-0.3, -0.25) is 0 Å². The van der Waals surface area contributed by atoms with Gasteiger partial charge in [-0.15, -0.1) is 0 Å². The van der Waals surface area contributed by atoms with Crippen LogP contribution in [0.25, 0.3) is 0 Å². The molecule has 21 heavy (non-hydrogen) atoms. The van der Waals surface area contributed by atoms with Gasteiger partial charge >= 0.3 is 0 Å². The van der Waals surface area contributed by atoms with Crippen molar-refractivity contribution in [3.05, 3.63) is 52.4 Å². The number of halogens is 2. The van der Waals surface area contributed by atoms with Crippen molar-refractivity contribution in [2.75, 3.05) is 11.6 Å². The van der Waals surface area contributed by atoms with Gasteiger partial charge < -0.3 is 5.32 Å². The van der Waals surface area contributed by atoms with E-state index in [1.807, 2.05) is 6.92 Å². The number of nitrogens with one attached hydrogen (secondary N) is 1. The minimum Gasteiger partial charge on any atom is -0.377 e. The average Bonchev–Trinajstić information content (AvgIpc) is 2.41. The van der Waals surface area contributed by atoms with E-state index in [0.717, 1.165) is 10.7 Å². The van der Waals surface area contributed by atoms with Crippen molar-refractivity contribution in [2.45, 2.75) is 18.0 Å². The van der Waals surface area contributed by atoms with Crippen LogP contribution in [0.2, 0.25) is 0 Å². The maximum absolute atomic E-state index is 13.8. The Labute approximate surface area is 131 Å². The van der Waals surface area contributed by atoms with Gasteiger partial charge in [0, 0.05) is 16.3 Å². The summed E-state index contributed by atoms with van der Waals surface area (Å²) in [6.45, 7) is 1.81. The molecule has 112 valence electrons. The molecule has 7 heteroatoms. The van der Waals surface area contributed by atoms with E-state index in [9.17, 15) is 12.8 Å². The zero-order valence-corrected chi connectivity index (χ0v) is 13.9. The highest BCUT2D eigenvalue weighted by molar-refractivity contribution is 9.10. The molecule has 0 amide bonds. The number of sulfone groups is 1. The number of benzene rings is 1. The van der Waals surface area contributed by atoms with Gasteiger partial charge in [-0.2, -0.15) is 0 Å². The van der Waals surface area contributed by atoms with Gasteiger partial charge in [0.15, 0.2) is 14.9 Å². The van der Waals surface area contributed by atoms with E-state index in [4.69, 9.17) is 0 Å². The summed E-state index contributed by atoms with van der Waals surface area (Å²) >= 11 is 3.31. The standard InChI is InChI=1S/C14H14BrFN2O2S/c1-9(12-7-10(15)3-5-13(12)16)18-11-4-6-14(17-8-11)21(2,19)20/h3-9,18H,1-2H3. The molecule has 0 aliphatic heterocycles. The highest BCUT2D eigenvalue weighted by atomic mass is 79.9. The molecule has 0 aliphatic rings. The molecule has 2 aromatic rings. The van der Waals surface area contributed by atoms with Crippen molar-refractivity contribution in [1.82, 2.24) is 4.98 Å². The third-order valence-electron chi connectivity index (χ3n) is 2.92. The molecule has 0 saturated heterocycles. The van der Waals surface area contributed by atoms with Crippen LogP contribution < -0.4 is 5.32 Å². The molecule has 2 rings (SSSR count). The molecular weight excluding hydrogens is 359 g/mol. The predicted molar refractivity (Wildman–Crippen MR) is 83.5 cm³/mol. The lowest BCUT2D eigenvalue weighted by atomic mass is 10.1. The number of aromatic nitrogens is 1. The highest BCUT2D eigenvalue weighted by Crippen LogP contribution is 2.24. The Hall–Kier alpha value is -1.47. The Balaban J connectivity index is 2.20. The first-order valence-corrected chi connectivity index (χ1v) is 8.83. The molecule has 0 aliphatic carbocycles. The van der Waals surface area contributed by atoms with E-state index in [1.54, 1.807) is 18.2 Å². The lowest BCUT2D eigenvalue weighted by molar-refractivity contribution is 0.598. The van der Waals surface area contributed by atoms with Crippen LogP contribution in [-0.4, -0.2) is 19.7 Å². The third-order valence-corrected chi connectivity index (χ3v) is 4.42. The Morgan fingerprint density at radius 1 is 1.29 bits per heavy atom. The molecule has 0 fully saturated rings. The van der Waals surface area contributed by atoms with Gasteiger partial charge in [-0.05, 0) is 37.3 Å². The molecule has 1 heterocycles. The number of hydrogen-bond donors (Lipinski definition) is 1. The quantitative estimate of drug-likeness (QED) is 0.891. The molecule has 4 nitrogen and oxygen atoms in total. The third kappa shape index (κ3) is 4.01. The number of hydrogen-bond acceptors (Lipinski definition) is 4. The molecule has 0 radical (unpaired) electrons. The molecule has 0 spiro atoms. The van der Waals surface area contributed by atoms with Crippen molar-refractivity contribution >= 4 is 31.5 Å². The van der Waals surface area contributed by atoms with Gasteiger partial charge in [-0.1, -0.05) is 15.9 Å². The molecule has 1 atom stereocenters. The van der Waals surface area contributed by atoms with Crippen molar-refractivity contribution < 1.29 is 12.8 Å². The zero-order valence-electron chi connectivity index (χ0n) is 11.5. The normalized spacial score (nSPS) is 13.0. The SMILES string of the molecule is CC(Nc1ccc(S(C)(=O)=O)nc1)c1cc(Br)ccc1F. The molecular formula is C14H14BrFN2O2S. The van der Waals surface area contributed by atoms with Crippen LogP contribution in [0.5, 0.6) is 0 Å². The van der Waals surface area contributed by atoms with Gasteiger partial charge in [0.25, 0.3) is 0 Å². The summed E-state index contributed by atoms with van der Waals surface area (Å²) in [4.78, 5) is 3.88. The van der Waals surface area contributed by atoms with E-state index in [0.29, 0.717) is 11.3 Å². The fourth-order valence-corrected chi connectivity index (χ4v) is 2.80. The van der Waals surface area contributed by atoms with Crippen LogP contribution in [0.1, 0.15) is 18.5 Å². The van der Waals surface area contributed by atoms with Crippen LogP contribution in [0.15, 0.2) is 46.0 Å². The summed E-state index contributed by atoms with van der Waals surface area (Å²) in [5.41, 5.74) is 1.13. The fourth-order valence-electron chi connectivity index (χ4n) is 1.86. The molecule has 0 saturated carbocycles. The first-order valence-electron chi connectivity index (χ1n) is 6.15. The van der Waals surface area contributed by atoms with Gasteiger partial charge in [-0.25, -0.2) is 17.8 Å². The summed E-state index contributed by atoms with van der Waals surface area (Å²) in [5, 5.41) is 3.10. The molecule has 0 bridgehead atoms. The molecule has 1 N–H and O–H groups in total. The zero-order chi connectivity index (χ0) is 15.6. The Morgan fingerprint density at radius 2 is 2.00 bits per heavy atom. The van der Waals surface area contributed by atoms with Crippen molar-refractivity contribution in [3.8, 4) is 0 Å². The Morgan fingerprint density at radius 3 is 2.57 bits per heavy atom. The lowest BCUT2D eigenvalue weighted by Crippen LogP contribution is -2.09. The number of pyridine rings is 1. The summed E-state index contributed by atoms with van der Waals surface area (Å²) < 4.78 is 37.2. The van der Waals surface area contributed by atoms with Crippen LogP contribution in [0, 0.1) is 5.82 Å². The van der Waals surface area contributed by atoms with Gasteiger partial charge in [0.2, 0.25) is 0 Å². The van der Waals surface area contributed by atoms with Gasteiger partial charge in [0.1, 0.15) is 5.82 Å². The monoisotopic (exact) mass is 372 g/mol. The largest absolute Gasteiger partial charge is 0.377 e. The maximum atomic E-state index is 13.8. The molecule has 1 aromatic carbocycles. The highest BCUT2D eigenvalue weighted by Gasteiger charge is 2.13. The van der Waals surface area contributed by atoms with Crippen molar-refractivity contribution in [3.63, 3.8) is 0 Å². The minimum atomic E-state index is -3.32. The first-order chi connectivity index (χ1) is 9.77. The smallest absolute Gasteiger partial charge is 0.192 e.